The minimum atomic E-state index is 0.314. The molecule has 0 aromatic heterocycles. The highest BCUT2D eigenvalue weighted by atomic mass is 35.5. The number of fused-ring (bicyclic) bond motifs is 1. The van der Waals surface area contributed by atoms with Crippen molar-refractivity contribution in [2.24, 2.45) is 0 Å². The first-order valence-corrected chi connectivity index (χ1v) is 6.77. The fourth-order valence-corrected chi connectivity index (χ4v) is 3.08. The van der Waals surface area contributed by atoms with Crippen LogP contribution in [-0.2, 0) is 6.42 Å². The van der Waals surface area contributed by atoms with Gasteiger partial charge in [-0.15, -0.1) is 11.6 Å². The van der Waals surface area contributed by atoms with E-state index < -0.39 is 0 Å². The van der Waals surface area contributed by atoms with Gasteiger partial charge in [0.25, 0.3) is 0 Å². The molecular formula is C14H18ClNO. The van der Waals surface area contributed by atoms with Gasteiger partial charge in [-0.25, -0.2) is 0 Å². The first kappa shape index (κ1) is 11.4. The SMILES string of the molecule is Cc1ccc2c(c1)CC(CN1CCC(Cl)C1)O2. The summed E-state index contributed by atoms with van der Waals surface area (Å²) in [4.78, 5) is 2.42. The van der Waals surface area contributed by atoms with E-state index in [-0.39, 0.29) is 0 Å². The van der Waals surface area contributed by atoms with E-state index in [2.05, 4.69) is 30.0 Å². The average molecular weight is 252 g/mol. The van der Waals surface area contributed by atoms with Gasteiger partial charge in [-0.2, -0.15) is 0 Å². The number of likely N-dealkylation sites (tertiary alicyclic amines) is 1. The maximum absolute atomic E-state index is 6.12. The average Bonchev–Trinajstić information content (AvgIpc) is 2.84. The molecule has 2 heterocycles. The minimum Gasteiger partial charge on any atom is -0.488 e. The second-order valence-corrected chi connectivity index (χ2v) is 5.82. The van der Waals surface area contributed by atoms with Gasteiger partial charge in [0, 0.05) is 24.9 Å². The van der Waals surface area contributed by atoms with E-state index in [1.165, 1.54) is 11.1 Å². The third-order valence-electron chi connectivity index (χ3n) is 3.63. The van der Waals surface area contributed by atoms with Crippen LogP contribution in [0.2, 0.25) is 0 Å². The number of alkyl halides is 1. The van der Waals surface area contributed by atoms with Crippen molar-refractivity contribution in [3.63, 3.8) is 0 Å². The Kier molecular flexibility index (Phi) is 3.01. The third kappa shape index (κ3) is 2.43. The second kappa shape index (κ2) is 4.51. The Morgan fingerprint density at radius 2 is 2.35 bits per heavy atom. The zero-order valence-electron chi connectivity index (χ0n) is 10.2. The molecule has 2 nitrogen and oxygen atoms in total. The molecule has 0 radical (unpaired) electrons. The van der Waals surface area contributed by atoms with Gasteiger partial charge in [-0.05, 0) is 31.5 Å². The summed E-state index contributed by atoms with van der Waals surface area (Å²) in [6, 6.07) is 6.45. The summed E-state index contributed by atoms with van der Waals surface area (Å²) in [5, 5.41) is 0.334. The number of rotatable bonds is 2. The minimum absolute atomic E-state index is 0.314. The Morgan fingerprint density at radius 3 is 3.12 bits per heavy atom. The van der Waals surface area contributed by atoms with E-state index >= 15 is 0 Å². The summed E-state index contributed by atoms with van der Waals surface area (Å²) in [7, 11) is 0. The third-order valence-corrected chi connectivity index (χ3v) is 3.99. The quantitative estimate of drug-likeness (QED) is 0.750. The van der Waals surface area contributed by atoms with Crippen molar-refractivity contribution >= 4 is 11.6 Å². The van der Waals surface area contributed by atoms with Crippen molar-refractivity contribution in [1.82, 2.24) is 4.90 Å². The summed E-state index contributed by atoms with van der Waals surface area (Å²) >= 11 is 6.12. The number of hydrogen-bond acceptors (Lipinski definition) is 2. The molecule has 0 spiro atoms. The standard InChI is InChI=1S/C14H18ClNO/c1-10-2-3-14-11(6-10)7-13(17-14)9-16-5-4-12(15)8-16/h2-3,6,12-13H,4-5,7-9H2,1H3. The van der Waals surface area contributed by atoms with Crippen molar-refractivity contribution in [1.29, 1.82) is 0 Å². The van der Waals surface area contributed by atoms with Crippen LogP contribution in [-0.4, -0.2) is 36.0 Å². The molecule has 1 saturated heterocycles. The van der Waals surface area contributed by atoms with Gasteiger partial charge in [-0.1, -0.05) is 17.7 Å². The number of nitrogens with zero attached hydrogens (tertiary/aromatic N) is 1. The van der Waals surface area contributed by atoms with Gasteiger partial charge in [0.2, 0.25) is 0 Å². The van der Waals surface area contributed by atoms with Crippen LogP contribution in [0.4, 0.5) is 0 Å². The summed E-state index contributed by atoms with van der Waals surface area (Å²) in [5.41, 5.74) is 2.67. The van der Waals surface area contributed by atoms with Crippen LogP contribution in [0.5, 0.6) is 5.75 Å². The molecule has 2 aliphatic rings. The lowest BCUT2D eigenvalue weighted by molar-refractivity contribution is 0.168. The molecular weight excluding hydrogens is 234 g/mol. The maximum atomic E-state index is 6.12. The predicted molar refractivity (Wildman–Crippen MR) is 70.0 cm³/mol. The summed E-state index contributed by atoms with van der Waals surface area (Å²) < 4.78 is 5.97. The molecule has 1 fully saturated rings. The van der Waals surface area contributed by atoms with Crippen LogP contribution < -0.4 is 4.74 Å². The molecule has 0 bridgehead atoms. The molecule has 0 N–H and O–H groups in total. The molecule has 0 aliphatic carbocycles. The summed E-state index contributed by atoms with van der Waals surface area (Å²) in [6.45, 7) is 5.27. The number of halogens is 1. The molecule has 2 atom stereocenters. The van der Waals surface area contributed by atoms with E-state index in [1.807, 2.05) is 0 Å². The Bertz CT molecular complexity index is 421. The van der Waals surface area contributed by atoms with Crippen LogP contribution in [0.25, 0.3) is 0 Å². The predicted octanol–water partition coefficient (Wildman–Crippen LogP) is 2.61. The fraction of sp³-hybridized carbons (Fsp3) is 0.571. The van der Waals surface area contributed by atoms with Gasteiger partial charge in [0.05, 0.1) is 0 Å². The lowest BCUT2D eigenvalue weighted by Gasteiger charge is -2.19. The van der Waals surface area contributed by atoms with Crippen molar-refractivity contribution in [3.8, 4) is 5.75 Å². The molecule has 17 heavy (non-hydrogen) atoms. The molecule has 2 aliphatic heterocycles. The van der Waals surface area contributed by atoms with E-state index in [4.69, 9.17) is 16.3 Å². The lowest BCUT2D eigenvalue weighted by atomic mass is 10.1. The van der Waals surface area contributed by atoms with Crippen molar-refractivity contribution in [3.05, 3.63) is 29.3 Å². The molecule has 1 aromatic rings. The Labute approximate surface area is 108 Å². The summed E-state index contributed by atoms with van der Waals surface area (Å²) in [6.07, 6.45) is 2.47. The molecule has 0 saturated carbocycles. The van der Waals surface area contributed by atoms with Crippen LogP contribution >= 0.6 is 11.6 Å². The number of hydrogen-bond donors (Lipinski definition) is 0. The number of benzene rings is 1. The van der Waals surface area contributed by atoms with Crippen LogP contribution in [0.3, 0.4) is 0 Å². The molecule has 92 valence electrons. The fourth-order valence-electron chi connectivity index (χ4n) is 2.79. The Balaban J connectivity index is 1.62. The van der Waals surface area contributed by atoms with Crippen molar-refractivity contribution in [2.45, 2.75) is 31.2 Å². The Morgan fingerprint density at radius 1 is 1.47 bits per heavy atom. The highest BCUT2D eigenvalue weighted by Crippen LogP contribution is 2.30. The zero-order chi connectivity index (χ0) is 11.8. The first-order valence-electron chi connectivity index (χ1n) is 6.33. The van der Waals surface area contributed by atoms with Crippen LogP contribution in [0, 0.1) is 6.92 Å². The van der Waals surface area contributed by atoms with Gasteiger partial charge in [0.1, 0.15) is 11.9 Å². The van der Waals surface area contributed by atoms with E-state index in [1.54, 1.807) is 0 Å². The van der Waals surface area contributed by atoms with Gasteiger partial charge < -0.3 is 4.74 Å². The number of ether oxygens (including phenoxy) is 1. The first-order chi connectivity index (χ1) is 8.20. The van der Waals surface area contributed by atoms with Crippen LogP contribution in [0.15, 0.2) is 18.2 Å². The molecule has 3 rings (SSSR count). The highest BCUT2D eigenvalue weighted by molar-refractivity contribution is 6.20. The lowest BCUT2D eigenvalue weighted by Crippen LogP contribution is -2.33. The topological polar surface area (TPSA) is 12.5 Å². The normalized spacial score (nSPS) is 28.1. The summed E-state index contributed by atoms with van der Waals surface area (Å²) in [5.74, 6) is 1.07. The van der Waals surface area contributed by atoms with Gasteiger partial charge in [0.15, 0.2) is 0 Å². The largest absolute Gasteiger partial charge is 0.488 e. The van der Waals surface area contributed by atoms with Crippen LogP contribution in [0.1, 0.15) is 17.5 Å². The van der Waals surface area contributed by atoms with Crippen molar-refractivity contribution < 1.29 is 4.74 Å². The molecule has 3 heteroatoms. The maximum Gasteiger partial charge on any atom is 0.123 e. The smallest absolute Gasteiger partial charge is 0.123 e. The molecule has 2 unspecified atom stereocenters. The number of aryl methyl sites for hydroxylation is 1. The van der Waals surface area contributed by atoms with Gasteiger partial charge in [-0.3, -0.25) is 4.90 Å². The van der Waals surface area contributed by atoms with E-state index in [0.29, 0.717) is 11.5 Å². The zero-order valence-corrected chi connectivity index (χ0v) is 10.9. The molecule has 0 amide bonds. The van der Waals surface area contributed by atoms with E-state index in [9.17, 15) is 0 Å². The second-order valence-electron chi connectivity index (χ2n) is 5.20. The molecule has 1 aromatic carbocycles. The monoisotopic (exact) mass is 251 g/mol. The van der Waals surface area contributed by atoms with Gasteiger partial charge >= 0.3 is 0 Å². The van der Waals surface area contributed by atoms with E-state index in [0.717, 1.165) is 38.2 Å². The Hall–Kier alpha value is -0.730. The highest BCUT2D eigenvalue weighted by Gasteiger charge is 2.28. The van der Waals surface area contributed by atoms with Crippen molar-refractivity contribution in [2.75, 3.05) is 19.6 Å².